The van der Waals surface area contributed by atoms with E-state index in [0.29, 0.717) is 23.3 Å². The van der Waals surface area contributed by atoms with E-state index in [1.165, 1.54) is 55.6 Å². The van der Waals surface area contributed by atoms with Crippen LogP contribution in [-0.4, -0.2) is 9.55 Å². The second kappa shape index (κ2) is 23.0. The topological polar surface area (TPSA) is 33.5 Å². The van der Waals surface area contributed by atoms with Gasteiger partial charge in [0.25, 0.3) is 0 Å². The molecule has 0 bridgehead atoms. The maximum Gasteiger partial charge on any atom is 0.135 e. The number of rotatable bonds is 13. The molecule has 6 heteroatoms. The third-order valence-corrected chi connectivity index (χ3v) is 17.8. The van der Waals surface area contributed by atoms with E-state index in [1.807, 2.05) is 6.20 Å². The Labute approximate surface area is 526 Å². The van der Waals surface area contributed by atoms with Crippen molar-refractivity contribution >= 4 is 44.6 Å². The molecule has 0 saturated carbocycles. The minimum atomic E-state index is -0.438. The van der Waals surface area contributed by atoms with Gasteiger partial charge in [-0.3, -0.25) is 0 Å². The van der Waals surface area contributed by atoms with Crippen molar-refractivity contribution in [2.45, 2.75) is 130 Å². The Morgan fingerprint density at radius 2 is 1.05 bits per heavy atom. The van der Waals surface area contributed by atoms with Gasteiger partial charge in [0.2, 0.25) is 0 Å². The monoisotopic (exact) mass is 1310 g/mol. The molecule has 11 aromatic rings. The Morgan fingerprint density at radius 3 is 1.66 bits per heavy atom. The molecule has 3 heterocycles. The molecular formula is C80H79N4OPt-3. The predicted molar refractivity (Wildman–Crippen MR) is 358 cm³/mol. The first-order chi connectivity index (χ1) is 40.5. The van der Waals surface area contributed by atoms with E-state index in [-0.39, 0.29) is 37.3 Å². The Bertz CT molecular complexity index is 4250. The van der Waals surface area contributed by atoms with Crippen molar-refractivity contribution in [3.05, 3.63) is 270 Å². The van der Waals surface area contributed by atoms with Gasteiger partial charge in [0, 0.05) is 66.8 Å². The van der Waals surface area contributed by atoms with Crippen molar-refractivity contribution in [3.63, 3.8) is 0 Å². The number of anilines is 4. The minimum absolute atomic E-state index is 0. The molecule has 1 aliphatic heterocycles. The number of pyridine rings is 1. The van der Waals surface area contributed by atoms with Crippen molar-refractivity contribution in [3.8, 4) is 39.6 Å². The summed E-state index contributed by atoms with van der Waals surface area (Å²) in [6, 6.07) is 81.2. The molecule has 0 unspecified atom stereocenters. The summed E-state index contributed by atoms with van der Waals surface area (Å²) in [5, 5.41) is 2.24. The zero-order chi connectivity index (χ0) is 59.7. The maximum absolute atomic E-state index is 7.24. The summed E-state index contributed by atoms with van der Waals surface area (Å²) in [7, 11) is 0. The minimum Gasteiger partial charge on any atom is -0.509 e. The SMILES string of the molecule is CC(C)c1cccc(C(C)C)c1-c1ccc2c(c1)N(c1[c-]c(Oc3[c-]c4c(cc3)c3cc(C(C)(C)C)ccc3n4-c3cc(C(C)(C)C)ccn3)cc(C(C)(C)c3ccccc3)c1)[CH-]N2c1cc(-c2ccccc2)cc(C(C)(C)c2ccccc2)c1.[Pt]. The molecule has 0 fully saturated rings. The molecule has 0 aliphatic carbocycles. The van der Waals surface area contributed by atoms with Gasteiger partial charge < -0.3 is 19.1 Å². The van der Waals surface area contributed by atoms with Gasteiger partial charge in [-0.1, -0.05) is 236 Å². The zero-order valence-corrected chi connectivity index (χ0v) is 54.6. The molecule has 438 valence electrons. The maximum atomic E-state index is 7.24. The molecule has 0 atom stereocenters. The Kier molecular flexibility index (Phi) is 16.0. The molecule has 86 heavy (non-hydrogen) atoms. The summed E-state index contributed by atoms with van der Waals surface area (Å²) in [5.74, 6) is 2.66. The molecule has 1 aliphatic rings. The van der Waals surface area contributed by atoms with E-state index >= 15 is 0 Å². The molecule has 0 spiro atoms. The van der Waals surface area contributed by atoms with Crippen LogP contribution < -0.4 is 14.5 Å². The fourth-order valence-corrected chi connectivity index (χ4v) is 12.4. The first-order valence-corrected chi connectivity index (χ1v) is 30.3. The van der Waals surface area contributed by atoms with Crippen LogP contribution >= 0.6 is 0 Å². The van der Waals surface area contributed by atoms with Gasteiger partial charge in [0.1, 0.15) is 5.82 Å². The van der Waals surface area contributed by atoms with Crippen LogP contribution in [0.5, 0.6) is 11.5 Å². The fourth-order valence-electron chi connectivity index (χ4n) is 12.4. The number of hydrogen-bond acceptors (Lipinski definition) is 4. The quantitative estimate of drug-likeness (QED) is 0.108. The fraction of sp³-hybridized carbons (Fsp3) is 0.250. The second-order valence-corrected chi connectivity index (χ2v) is 27.1. The Morgan fingerprint density at radius 1 is 0.442 bits per heavy atom. The Balaban J connectivity index is 0.00000768. The van der Waals surface area contributed by atoms with Crippen LogP contribution in [0.25, 0.3) is 49.9 Å². The molecule has 2 aromatic heterocycles. The van der Waals surface area contributed by atoms with E-state index < -0.39 is 5.41 Å². The van der Waals surface area contributed by atoms with E-state index in [2.05, 4.69) is 330 Å². The van der Waals surface area contributed by atoms with E-state index in [4.69, 9.17) is 9.72 Å². The first kappa shape index (κ1) is 59.7. The summed E-state index contributed by atoms with van der Waals surface area (Å²) in [6.45, 7) is 34.4. The van der Waals surface area contributed by atoms with Gasteiger partial charge in [-0.05, 0) is 137 Å². The van der Waals surface area contributed by atoms with Crippen molar-refractivity contribution in [2.24, 2.45) is 0 Å². The standard InChI is InChI=1S/C80H79N4O.Pt/c1-52(2)67-31-24-32-68(53(3)4)76(67)55-33-37-72-74(43-55)83(51-82(72)63-42-56(54-25-18-15-19-26-54)41-61(44-63)79(11,12)57-27-20-16-21-28-57)64-45-62(80(13,14)58-29-22-17-23-30-58)46-66(49-64)85-65-35-36-69-70-47-59(77(5,6)7)34-38-71(70)84(73(69)50-65)75-48-60(39-40-81-75)78(8,9)10;/h15-48,51-53H,1-14H3;/q-3;. The van der Waals surface area contributed by atoms with Gasteiger partial charge in [-0.15, -0.1) is 53.6 Å². The van der Waals surface area contributed by atoms with Crippen LogP contribution in [0.1, 0.15) is 153 Å². The zero-order valence-electron chi connectivity index (χ0n) is 52.4. The summed E-state index contributed by atoms with van der Waals surface area (Å²) < 4.78 is 9.50. The van der Waals surface area contributed by atoms with Crippen LogP contribution in [0.15, 0.2) is 206 Å². The number of hydrogen-bond donors (Lipinski definition) is 0. The van der Waals surface area contributed by atoms with Crippen molar-refractivity contribution in [1.29, 1.82) is 0 Å². The molecular weight excluding hydrogens is 1230 g/mol. The molecule has 9 aromatic carbocycles. The van der Waals surface area contributed by atoms with Crippen LogP contribution in [-0.2, 0) is 42.7 Å². The van der Waals surface area contributed by atoms with Crippen molar-refractivity contribution in [2.75, 3.05) is 9.80 Å². The average Bonchev–Trinajstić information content (AvgIpc) is 1.87. The third-order valence-electron chi connectivity index (χ3n) is 17.8. The van der Waals surface area contributed by atoms with Crippen molar-refractivity contribution in [1.82, 2.24) is 9.55 Å². The van der Waals surface area contributed by atoms with Crippen LogP contribution in [0.3, 0.4) is 0 Å². The molecule has 0 amide bonds. The van der Waals surface area contributed by atoms with E-state index in [9.17, 15) is 0 Å². The number of fused-ring (bicyclic) bond motifs is 4. The molecule has 0 saturated heterocycles. The van der Waals surface area contributed by atoms with Gasteiger partial charge in [0.15, 0.2) is 0 Å². The van der Waals surface area contributed by atoms with Gasteiger partial charge in [0.05, 0.1) is 0 Å². The molecule has 0 radical (unpaired) electrons. The largest absolute Gasteiger partial charge is 0.509 e. The summed E-state index contributed by atoms with van der Waals surface area (Å²) in [6.07, 6.45) is 1.93. The van der Waals surface area contributed by atoms with E-state index in [0.717, 1.165) is 61.5 Å². The molecule has 0 N–H and O–H groups in total. The number of benzene rings is 9. The first-order valence-electron chi connectivity index (χ1n) is 30.3. The number of nitrogens with zero attached hydrogens (tertiary/aromatic N) is 4. The summed E-state index contributed by atoms with van der Waals surface area (Å²) in [5.41, 5.74) is 19.9. The van der Waals surface area contributed by atoms with Crippen molar-refractivity contribution < 1.29 is 25.8 Å². The molecule has 12 rings (SSSR count). The normalized spacial score (nSPS) is 13.0. The van der Waals surface area contributed by atoms with Crippen LogP contribution in [0.2, 0.25) is 0 Å². The third kappa shape index (κ3) is 11.2. The Hall–Kier alpha value is -7.98. The summed E-state index contributed by atoms with van der Waals surface area (Å²) in [4.78, 5) is 9.76. The second-order valence-electron chi connectivity index (χ2n) is 27.1. The summed E-state index contributed by atoms with van der Waals surface area (Å²) >= 11 is 0. The number of ether oxygens (including phenoxy) is 1. The van der Waals surface area contributed by atoms with Gasteiger partial charge >= 0.3 is 0 Å². The van der Waals surface area contributed by atoms with Crippen LogP contribution in [0.4, 0.5) is 22.7 Å². The van der Waals surface area contributed by atoms with E-state index in [1.54, 1.807) is 0 Å². The predicted octanol–water partition coefficient (Wildman–Crippen LogP) is 21.8. The smallest absolute Gasteiger partial charge is 0.135 e. The average molecular weight is 1310 g/mol. The number of aromatic nitrogens is 2. The van der Waals surface area contributed by atoms with Gasteiger partial charge in [-0.2, -0.15) is 6.07 Å². The molecule has 5 nitrogen and oxygen atoms in total. The van der Waals surface area contributed by atoms with Crippen LogP contribution in [0, 0.1) is 18.8 Å². The van der Waals surface area contributed by atoms with Gasteiger partial charge in [-0.25, -0.2) is 4.98 Å².